The number of hydrogen-bond acceptors (Lipinski definition) is 6. The first-order chi connectivity index (χ1) is 9.51. The highest BCUT2D eigenvalue weighted by molar-refractivity contribution is 9.10. The maximum absolute atomic E-state index is 13.7. The summed E-state index contributed by atoms with van der Waals surface area (Å²) >= 11 is 3.13. The molecule has 7 nitrogen and oxygen atoms in total. The van der Waals surface area contributed by atoms with Gasteiger partial charge in [0.2, 0.25) is 11.8 Å². The molecule has 0 fully saturated rings. The fourth-order valence-corrected chi connectivity index (χ4v) is 1.77. The summed E-state index contributed by atoms with van der Waals surface area (Å²) in [5, 5.41) is 16.2. The molecule has 0 bridgehead atoms. The minimum atomic E-state index is -0.640. The third-order valence-corrected chi connectivity index (χ3v) is 2.87. The quantitative estimate of drug-likeness (QED) is 0.655. The van der Waals surface area contributed by atoms with Crippen LogP contribution in [0.25, 0.3) is 0 Å². The average Bonchev–Trinajstić information content (AvgIpc) is 2.41. The molecule has 2 N–H and O–H groups in total. The Bertz CT molecular complexity index is 667. The SMILES string of the molecule is CNc1ncc([N+](=O)[O-])c(Nc2ccc(Br)cc2F)n1. The normalized spacial score (nSPS) is 10.2. The van der Waals surface area contributed by atoms with Crippen molar-refractivity contribution in [2.24, 2.45) is 0 Å². The van der Waals surface area contributed by atoms with E-state index in [4.69, 9.17) is 0 Å². The number of nitrogens with one attached hydrogen (secondary N) is 2. The summed E-state index contributed by atoms with van der Waals surface area (Å²) in [6.07, 6.45) is 1.05. The standard InChI is InChI=1S/C11H9BrFN5O2/c1-14-11-15-5-9(18(19)20)10(17-11)16-8-3-2-6(12)4-7(8)13/h2-5H,1H3,(H2,14,15,16,17). The fourth-order valence-electron chi connectivity index (χ4n) is 1.44. The summed E-state index contributed by atoms with van der Waals surface area (Å²) < 4.78 is 14.3. The second kappa shape index (κ2) is 5.78. The van der Waals surface area contributed by atoms with Gasteiger partial charge in [0.25, 0.3) is 0 Å². The van der Waals surface area contributed by atoms with Crippen molar-refractivity contribution in [1.29, 1.82) is 0 Å². The number of hydrogen-bond donors (Lipinski definition) is 2. The van der Waals surface area contributed by atoms with Crippen molar-refractivity contribution in [3.63, 3.8) is 0 Å². The highest BCUT2D eigenvalue weighted by Crippen LogP contribution is 2.28. The Morgan fingerprint density at radius 2 is 2.20 bits per heavy atom. The van der Waals surface area contributed by atoms with Gasteiger partial charge < -0.3 is 10.6 Å². The topological polar surface area (TPSA) is 93.0 Å². The van der Waals surface area contributed by atoms with E-state index in [2.05, 4.69) is 36.5 Å². The van der Waals surface area contributed by atoms with Crippen molar-refractivity contribution < 1.29 is 9.31 Å². The summed E-state index contributed by atoms with van der Waals surface area (Å²) in [6, 6.07) is 4.30. The molecular formula is C11H9BrFN5O2. The summed E-state index contributed by atoms with van der Waals surface area (Å²) in [5.41, 5.74) is -0.261. The van der Waals surface area contributed by atoms with Crippen LogP contribution in [0.4, 0.5) is 27.5 Å². The van der Waals surface area contributed by atoms with Gasteiger partial charge >= 0.3 is 5.69 Å². The van der Waals surface area contributed by atoms with E-state index < -0.39 is 10.7 Å². The van der Waals surface area contributed by atoms with Gasteiger partial charge in [0, 0.05) is 11.5 Å². The molecule has 104 valence electrons. The molecule has 2 rings (SSSR count). The molecule has 2 aromatic rings. The molecule has 9 heteroatoms. The second-order valence-corrected chi connectivity index (χ2v) is 4.60. The molecular weight excluding hydrogens is 333 g/mol. The van der Waals surface area contributed by atoms with Crippen molar-refractivity contribution in [3.05, 3.63) is 44.8 Å². The third-order valence-electron chi connectivity index (χ3n) is 2.37. The highest BCUT2D eigenvalue weighted by Gasteiger charge is 2.18. The van der Waals surface area contributed by atoms with E-state index in [1.807, 2.05) is 0 Å². The molecule has 0 atom stereocenters. The summed E-state index contributed by atoms with van der Waals surface area (Å²) in [7, 11) is 1.57. The van der Waals surface area contributed by atoms with Crippen molar-refractivity contribution in [2.75, 3.05) is 17.7 Å². The Hall–Kier alpha value is -2.29. The molecule has 0 saturated carbocycles. The molecule has 0 spiro atoms. The molecule has 0 aliphatic rings. The second-order valence-electron chi connectivity index (χ2n) is 3.68. The van der Waals surface area contributed by atoms with Crippen LogP contribution in [0.2, 0.25) is 0 Å². The van der Waals surface area contributed by atoms with Gasteiger partial charge in [-0.15, -0.1) is 0 Å². The molecule has 0 saturated heterocycles. The smallest absolute Gasteiger partial charge is 0.329 e. The van der Waals surface area contributed by atoms with Crippen LogP contribution in [0.5, 0.6) is 0 Å². The predicted molar refractivity (Wildman–Crippen MR) is 75.6 cm³/mol. The zero-order chi connectivity index (χ0) is 14.7. The predicted octanol–water partition coefficient (Wildman–Crippen LogP) is 3.07. The van der Waals surface area contributed by atoms with Crippen LogP contribution in [0, 0.1) is 15.9 Å². The van der Waals surface area contributed by atoms with Crippen molar-refractivity contribution >= 4 is 39.1 Å². The van der Waals surface area contributed by atoms with Crippen LogP contribution in [0.1, 0.15) is 0 Å². The van der Waals surface area contributed by atoms with E-state index in [1.54, 1.807) is 13.1 Å². The Kier molecular flexibility index (Phi) is 4.08. The Morgan fingerprint density at radius 3 is 2.80 bits per heavy atom. The van der Waals surface area contributed by atoms with Crippen molar-refractivity contribution in [1.82, 2.24) is 9.97 Å². The first kappa shape index (κ1) is 14.1. The summed E-state index contributed by atoms with van der Waals surface area (Å²) in [5.74, 6) is -0.454. The van der Waals surface area contributed by atoms with Gasteiger partial charge in [0.05, 0.1) is 10.6 Å². The Labute approximate surface area is 121 Å². The van der Waals surface area contributed by atoms with E-state index in [0.717, 1.165) is 6.20 Å². The minimum Gasteiger partial charge on any atom is -0.357 e. The monoisotopic (exact) mass is 341 g/mol. The first-order valence-corrected chi connectivity index (χ1v) is 6.22. The van der Waals surface area contributed by atoms with Crippen molar-refractivity contribution in [3.8, 4) is 0 Å². The largest absolute Gasteiger partial charge is 0.357 e. The number of rotatable bonds is 4. The van der Waals surface area contributed by atoms with Crippen molar-refractivity contribution in [2.45, 2.75) is 0 Å². The first-order valence-electron chi connectivity index (χ1n) is 5.42. The van der Waals surface area contributed by atoms with Gasteiger partial charge in [-0.05, 0) is 18.2 Å². The molecule has 0 radical (unpaired) electrons. The van der Waals surface area contributed by atoms with Gasteiger partial charge in [-0.3, -0.25) is 10.1 Å². The van der Waals surface area contributed by atoms with Crippen LogP contribution in [-0.4, -0.2) is 21.9 Å². The van der Waals surface area contributed by atoms with E-state index in [1.165, 1.54) is 12.1 Å². The zero-order valence-corrected chi connectivity index (χ0v) is 11.8. The van der Waals surface area contributed by atoms with Crippen LogP contribution in [-0.2, 0) is 0 Å². The van der Waals surface area contributed by atoms with E-state index in [0.29, 0.717) is 4.47 Å². The molecule has 0 unspecified atom stereocenters. The molecule has 0 amide bonds. The van der Waals surface area contributed by atoms with Gasteiger partial charge in [-0.1, -0.05) is 15.9 Å². The van der Waals surface area contributed by atoms with Gasteiger partial charge in [-0.2, -0.15) is 4.98 Å². The lowest BCUT2D eigenvalue weighted by atomic mass is 10.3. The summed E-state index contributed by atoms with van der Waals surface area (Å²) in [4.78, 5) is 17.9. The number of anilines is 3. The minimum absolute atomic E-state index is 0.0806. The van der Waals surface area contributed by atoms with E-state index in [9.17, 15) is 14.5 Å². The maximum atomic E-state index is 13.7. The van der Waals surface area contributed by atoms with Crippen LogP contribution in [0.15, 0.2) is 28.9 Å². The lowest BCUT2D eigenvalue weighted by Crippen LogP contribution is -2.05. The highest BCUT2D eigenvalue weighted by atomic mass is 79.9. The number of nitro groups is 1. The number of benzene rings is 1. The Morgan fingerprint density at radius 1 is 1.45 bits per heavy atom. The fraction of sp³-hybridized carbons (Fsp3) is 0.0909. The van der Waals surface area contributed by atoms with E-state index in [-0.39, 0.29) is 23.1 Å². The number of nitrogens with zero attached hydrogens (tertiary/aromatic N) is 3. The molecule has 0 aliphatic heterocycles. The number of aromatic nitrogens is 2. The molecule has 1 aromatic heterocycles. The third kappa shape index (κ3) is 2.99. The maximum Gasteiger partial charge on any atom is 0.329 e. The number of halogens is 2. The molecule has 1 aromatic carbocycles. The zero-order valence-electron chi connectivity index (χ0n) is 10.2. The molecule has 20 heavy (non-hydrogen) atoms. The van der Waals surface area contributed by atoms with Crippen LogP contribution >= 0.6 is 15.9 Å². The Balaban J connectivity index is 2.43. The lowest BCUT2D eigenvalue weighted by Gasteiger charge is -2.08. The van der Waals surface area contributed by atoms with E-state index >= 15 is 0 Å². The summed E-state index contributed by atoms with van der Waals surface area (Å²) in [6.45, 7) is 0. The van der Waals surface area contributed by atoms with Gasteiger partial charge in [0.15, 0.2) is 0 Å². The van der Waals surface area contributed by atoms with Crippen LogP contribution in [0.3, 0.4) is 0 Å². The van der Waals surface area contributed by atoms with Gasteiger partial charge in [-0.25, -0.2) is 9.37 Å². The molecule has 1 heterocycles. The lowest BCUT2D eigenvalue weighted by molar-refractivity contribution is -0.384. The van der Waals surface area contributed by atoms with Gasteiger partial charge in [0.1, 0.15) is 12.0 Å². The molecule has 0 aliphatic carbocycles. The van der Waals surface area contributed by atoms with Crippen LogP contribution < -0.4 is 10.6 Å². The average molecular weight is 342 g/mol.